The van der Waals surface area contributed by atoms with E-state index < -0.39 is 0 Å². The lowest BCUT2D eigenvalue weighted by molar-refractivity contribution is -0.0290. The second-order valence-corrected chi connectivity index (χ2v) is 6.63. The van der Waals surface area contributed by atoms with Crippen molar-refractivity contribution < 1.29 is 9.53 Å². The maximum atomic E-state index is 12.0. The van der Waals surface area contributed by atoms with E-state index in [1.807, 2.05) is 19.2 Å². The zero-order valence-electron chi connectivity index (χ0n) is 14.4. The van der Waals surface area contributed by atoms with Gasteiger partial charge in [-0.1, -0.05) is 13.8 Å². The summed E-state index contributed by atoms with van der Waals surface area (Å²) < 4.78 is 7.54. The number of rotatable bonds is 7. The van der Waals surface area contributed by atoms with Gasteiger partial charge in [0.1, 0.15) is 0 Å². The molecule has 0 saturated carbocycles. The predicted molar refractivity (Wildman–Crippen MR) is 89.2 cm³/mol. The van der Waals surface area contributed by atoms with E-state index in [9.17, 15) is 4.79 Å². The molecule has 1 aromatic rings. The van der Waals surface area contributed by atoms with Crippen molar-refractivity contribution in [1.82, 2.24) is 25.3 Å². The molecular weight excluding hydrogens is 294 g/mol. The minimum atomic E-state index is -0.158. The monoisotopic (exact) mass is 323 g/mol. The Balaban J connectivity index is 1.65. The first-order valence-corrected chi connectivity index (χ1v) is 8.38. The fourth-order valence-electron chi connectivity index (χ4n) is 2.80. The van der Waals surface area contributed by atoms with Gasteiger partial charge in [0.25, 0.3) is 0 Å². The minimum Gasteiger partial charge on any atom is -0.374 e. The van der Waals surface area contributed by atoms with Crippen LogP contribution in [0.25, 0.3) is 0 Å². The van der Waals surface area contributed by atoms with E-state index in [2.05, 4.69) is 34.5 Å². The van der Waals surface area contributed by atoms with Crippen LogP contribution in [0.15, 0.2) is 18.5 Å². The van der Waals surface area contributed by atoms with Crippen LogP contribution in [-0.4, -0.2) is 65.6 Å². The van der Waals surface area contributed by atoms with Crippen molar-refractivity contribution in [2.75, 3.05) is 32.8 Å². The van der Waals surface area contributed by atoms with Crippen LogP contribution in [0.3, 0.4) is 0 Å². The van der Waals surface area contributed by atoms with E-state index in [1.165, 1.54) is 0 Å². The summed E-state index contributed by atoms with van der Waals surface area (Å²) in [5, 5.41) is 9.96. The largest absolute Gasteiger partial charge is 0.374 e. The summed E-state index contributed by atoms with van der Waals surface area (Å²) in [4.78, 5) is 14.4. The quantitative estimate of drug-likeness (QED) is 0.783. The Labute approximate surface area is 138 Å². The van der Waals surface area contributed by atoms with Crippen molar-refractivity contribution >= 4 is 6.03 Å². The first-order valence-electron chi connectivity index (χ1n) is 8.38. The van der Waals surface area contributed by atoms with Crippen LogP contribution in [0.4, 0.5) is 4.79 Å². The van der Waals surface area contributed by atoms with Crippen molar-refractivity contribution in [3.8, 4) is 0 Å². The summed E-state index contributed by atoms with van der Waals surface area (Å²) in [6, 6.07) is 1.73. The lowest BCUT2D eigenvalue weighted by Gasteiger charge is -2.34. The van der Waals surface area contributed by atoms with Crippen LogP contribution in [0.2, 0.25) is 0 Å². The summed E-state index contributed by atoms with van der Waals surface area (Å²) >= 11 is 0. The van der Waals surface area contributed by atoms with Gasteiger partial charge in [0.05, 0.1) is 19.3 Å². The minimum absolute atomic E-state index is 0.0135. The van der Waals surface area contributed by atoms with Crippen molar-refractivity contribution in [1.29, 1.82) is 0 Å². The number of urea groups is 1. The number of ether oxygens (including phenoxy) is 1. The van der Waals surface area contributed by atoms with Crippen molar-refractivity contribution in [2.24, 2.45) is 5.92 Å². The van der Waals surface area contributed by atoms with E-state index in [1.54, 1.807) is 10.9 Å². The van der Waals surface area contributed by atoms with Crippen LogP contribution < -0.4 is 10.6 Å². The van der Waals surface area contributed by atoms with E-state index in [0.717, 1.165) is 26.2 Å². The predicted octanol–water partition coefficient (Wildman–Crippen LogP) is 0.928. The molecule has 1 saturated heterocycles. The van der Waals surface area contributed by atoms with Gasteiger partial charge in [-0.25, -0.2) is 4.79 Å². The van der Waals surface area contributed by atoms with Crippen molar-refractivity contribution in [3.05, 3.63) is 18.5 Å². The molecule has 0 radical (unpaired) electrons. The third-order valence-electron chi connectivity index (χ3n) is 3.73. The lowest BCUT2D eigenvalue weighted by Crippen LogP contribution is -2.50. The molecule has 1 aliphatic heterocycles. The number of amides is 2. The SMILES string of the molecule is CC(C)CN1CCOC(CNC(=O)NC(C)Cn2cccn2)C1. The molecule has 0 aliphatic carbocycles. The van der Waals surface area contributed by atoms with Gasteiger partial charge >= 0.3 is 6.03 Å². The molecule has 2 heterocycles. The number of carbonyl (C=O) groups excluding carboxylic acids is 1. The second-order valence-electron chi connectivity index (χ2n) is 6.63. The Morgan fingerprint density at radius 2 is 2.22 bits per heavy atom. The van der Waals surface area contributed by atoms with Gasteiger partial charge in [0, 0.05) is 44.6 Å². The lowest BCUT2D eigenvalue weighted by atomic mass is 10.2. The highest BCUT2D eigenvalue weighted by Crippen LogP contribution is 2.07. The summed E-state index contributed by atoms with van der Waals surface area (Å²) in [6.45, 7) is 11.3. The highest BCUT2D eigenvalue weighted by molar-refractivity contribution is 5.74. The molecule has 2 N–H and O–H groups in total. The molecule has 1 fully saturated rings. The Bertz CT molecular complexity index is 463. The molecule has 23 heavy (non-hydrogen) atoms. The van der Waals surface area contributed by atoms with Gasteiger partial charge in [0.2, 0.25) is 0 Å². The first kappa shape index (κ1) is 17.7. The third-order valence-corrected chi connectivity index (χ3v) is 3.73. The van der Waals surface area contributed by atoms with Crippen LogP contribution in [0.5, 0.6) is 0 Å². The Morgan fingerprint density at radius 1 is 1.39 bits per heavy atom. The normalized spacial score (nSPS) is 20.4. The summed E-state index contributed by atoms with van der Waals surface area (Å²) in [6.07, 6.45) is 3.68. The summed E-state index contributed by atoms with van der Waals surface area (Å²) in [7, 11) is 0. The topological polar surface area (TPSA) is 71.4 Å². The average Bonchev–Trinajstić information content (AvgIpc) is 2.97. The number of nitrogens with zero attached hydrogens (tertiary/aromatic N) is 3. The second kappa shape index (κ2) is 8.88. The van der Waals surface area contributed by atoms with E-state index in [0.29, 0.717) is 19.0 Å². The summed E-state index contributed by atoms with van der Waals surface area (Å²) in [5.74, 6) is 0.646. The highest BCUT2D eigenvalue weighted by Gasteiger charge is 2.21. The molecule has 130 valence electrons. The van der Waals surface area contributed by atoms with E-state index >= 15 is 0 Å². The number of hydrogen-bond donors (Lipinski definition) is 2. The molecule has 7 nitrogen and oxygen atoms in total. The summed E-state index contributed by atoms with van der Waals surface area (Å²) in [5.41, 5.74) is 0. The molecule has 0 spiro atoms. The molecule has 2 atom stereocenters. The Morgan fingerprint density at radius 3 is 2.91 bits per heavy atom. The smallest absolute Gasteiger partial charge is 0.315 e. The van der Waals surface area contributed by atoms with E-state index in [-0.39, 0.29) is 18.2 Å². The van der Waals surface area contributed by atoms with Gasteiger partial charge in [-0.3, -0.25) is 9.58 Å². The molecule has 2 rings (SSSR count). The van der Waals surface area contributed by atoms with Gasteiger partial charge in [-0.15, -0.1) is 0 Å². The fourth-order valence-corrected chi connectivity index (χ4v) is 2.80. The molecule has 1 aromatic heterocycles. The molecular formula is C16H29N5O2. The number of hydrogen-bond acceptors (Lipinski definition) is 4. The fraction of sp³-hybridized carbons (Fsp3) is 0.750. The van der Waals surface area contributed by atoms with Gasteiger partial charge < -0.3 is 15.4 Å². The zero-order chi connectivity index (χ0) is 16.7. The zero-order valence-corrected chi connectivity index (χ0v) is 14.4. The molecule has 0 bridgehead atoms. The number of carbonyl (C=O) groups is 1. The molecule has 7 heteroatoms. The maximum absolute atomic E-state index is 12.0. The maximum Gasteiger partial charge on any atom is 0.315 e. The van der Waals surface area contributed by atoms with Crippen molar-refractivity contribution in [3.63, 3.8) is 0 Å². The number of aromatic nitrogens is 2. The number of nitrogens with one attached hydrogen (secondary N) is 2. The first-order chi connectivity index (χ1) is 11.0. The molecule has 1 aliphatic rings. The molecule has 0 aromatic carbocycles. The van der Waals surface area contributed by atoms with Crippen molar-refractivity contribution in [2.45, 2.75) is 39.5 Å². The van der Waals surface area contributed by atoms with Crippen LogP contribution >= 0.6 is 0 Å². The Kier molecular flexibility index (Phi) is 6.85. The Hall–Kier alpha value is -1.60. The average molecular weight is 323 g/mol. The van der Waals surface area contributed by atoms with Gasteiger partial charge in [-0.05, 0) is 18.9 Å². The van der Waals surface area contributed by atoms with Crippen LogP contribution in [0.1, 0.15) is 20.8 Å². The third kappa shape index (κ3) is 6.58. The molecule has 2 amide bonds. The van der Waals surface area contributed by atoms with E-state index in [4.69, 9.17) is 4.74 Å². The van der Waals surface area contributed by atoms with Gasteiger partial charge in [0.15, 0.2) is 0 Å². The standard InChI is InChI=1S/C16H29N5O2/c1-13(2)10-20-7-8-23-15(12-20)9-17-16(22)19-14(3)11-21-6-4-5-18-21/h4-6,13-15H,7-12H2,1-3H3,(H2,17,19,22). The van der Waals surface area contributed by atoms with Crippen LogP contribution in [-0.2, 0) is 11.3 Å². The van der Waals surface area contributed by atoms with Gasteiger partial charge in [-0.2, -0.15) is 5.10 Å². The number of morpholine rings is 1. The highest BCUT2D eigenvalue weighted by atomic mass is 16.5. The molecule has 2 unspecified atom stereocenters. The van der Waals surface area contributed by atoms with Crippen LogP contribution in [0, 0.1) is 5.92 Å².